The lowest BCUT2D eigenvalue weighted by molar-refractivity contribution is -0.137. The Morgan fingerprint density at radius 1 is 1.30 bits per heavy atom. The van der Waals surface area contributed by atoms with E-state index < -0.39 is 11.4 Å². The van der Waals surface area contributed by atoms with Crippen LogP contribution in [0.25, 0.3) is 0 Å². The first kappa shape index (κ1) is 17.5. The van der Waals surface area contributed by atoms with Gasteiger partial charge in [-0.3, -0.25) is 14.6 Å². The molecule has 140 valence electrons. The number of aryl methyl sites for hydroxylation is 1. The van der Waals surface area contributed by atoms with E-state index in [4.69, 9.17) is 4.74 Å². The molecule has 2 amide bonds. The summed E-state index contributed by atoms with van der Waals surface area (Å²) in [7, 11) is 0. The number of hydrogen-bond acceptors (Lipinski definition) is 5. The second-order valence-electron chi connectivity index (χ2n) is 6.95. The van der Waals surface area contributed by atoms with E-state index >= 15 is 0 Å². The molecule has 0 N–H and O–H groups in total. The Morgan fingerprint density at radius 3 is 2.93 bits per heavy atom. The Bertz CT molecular complexity index is 906. The molecule has 4 rings (SSSR count). The summed E-state index contributed by atoms with van der Waals surface area (Å²) in [6, 6.07) is 5.93. The smallest absolute Gasteiger partial charge is 0.274 e. The first-order valence-corrected chi connectivity index (χ1v) is 8.74. The Hall–Kier alpha value is -2.87. The molecular weight excluding hydrogens is 351 g/mol. The number of ether oxygens (including phenoxy) is 1. The van der Waals surface area contributed by atoms with Crippen LogP contribution in [0.2, 0.25) is 0 Å². The van der Waals surface area contributed by atoms with Crippen molar-refractivity contribution in [1.29, 1.82) is 0 Å². The van der Waals surface area contributed by atoms with Crippen LogP contribution in [-0.2, 0) is 9.53 Å². The molecule has 1 unspecified atom stereocenters. The van der Waals surface area contributed by atoms with Gasteiger partial charge in [0, 0.05) is 18.4 Å². The van der Waals surface area contributed by atoms with Gasteiger partial charge in [-0.1, -0.05) is 6.07 Å². The van der Waals surface area contributed by atoms with E-state index in [9.17, 15) is 14.0 Å². The van der Waals surface area contributed by atoms with Gasteiger partial charge in [-0.05, 0) is 31.5 Å². The van der Waals surface area contributed by atoms with Crippen molar-refractivity contribution in [2.24, 2.45) is 0 Å². The van der Waals surface area contributed by atoms with Crippen LogP contribution in [0.5, 0.6) is 0 Å². The highest BCUT2D eigenvalue weighted by atomic mass is 19.1. The number of halogens is 1. The molecule has 2 aliphatic rings. The van der Waals surface area contributed by atoms with Gasteiger partial charge in [-0.2, -0.15) is 0 Å². The van der Waals surface area contributed by atoms with Gasteiger partial charge < -0.3 is 14.5 Å². The molecule has 2 saturated heterocycles. The van der Waals surface area contributed by atoms with Crippen LogP contribution in [0.1, 0.15) is 22.6 Å². The average molecular weight is 370 g/mol. The molecule has 0 saturated carbocycles. The first-order chi connectivity index (χ1) is 13.0. The molecule has 0 radical (unpaired) electrons. The minimum absolute atomic E-state index is 0.0944. The number of morpholine rings is 1. The summed E-state index contributed by atoms with van der Waals surface area (Å²) in [5.41, 5.74) is 0.803. The van der Waals surface area contributed by atoms with Crippen molar-refractivity contribution in [2.75, 3.05) is 31.1 Å². The van der Waals surface area contributed by atoms with E-state index in [1.54, 1.807) is 30.2 Å². The molecule has 1 aromatic carbocycles. The maximum absolute atomic E-state index is 13.6. The molecule has 2 fully saturated rings. The van der Waals surface area contributed by atoms with Crippen LogP contribution in [0.3, 0.4) is 0 Å². The van der Waals surface area contributed by atoms with Crippen molar-refractivity contribution in [3.8, 4) is 0 Å². The quantitative estimate of drug-likeness (QED) is 0.802. The number of carbonyl (C=O) groups excluding carboxylic acids is 2. The number of hydrogen-bond donors (Lipinski definition) is 0. The third-order valence-corrected chi connectivity index (χ3v) is 4.95. The highest BCUT2D eigenvalue weighted by Gasteiger charge is 2.47. The Labute approximate surface area is 155 Å². The normalized spacial score (nSPS) is 22.5. The van der Waals surface area contributed by atoms with Crippen LogP contribution in [-0.4, -0.2) is 58.5 Å². The molecule has 1 aromatic heterocycles. The summed E-state index contributed by atoms with van der Waals surface area (Å²) in [5.74, 6) is -0.830. The number of rotatable bonds is 2. The lowest BCUT2D eigenvalue weighted by Gasteiger charge is -2.40. The molecule has 1 spiro atoms. The van der Waals surface area contributed by atoms with Gasteiger partial charge in [-0.25, -0.2) is 9.37 Å². The van der Waals surface area contributed by atoms with Crippen LogP contribution in [0.15, 0.2) is 36.7 Å². The molecular formula is C19H19FN4O3. The number of likely N-dealkylation sites (tertiary alicyclic amines) is 1. The first-order valence-electron chi connectivity index (χ1n) is 8.74. The molecule has 3 heterocycles. The fraction of sp³-hybridized carbons (Fsp3) is 0.368. The van der Waals surface area contributed by atoms with E-state index in [0.717, 1.165) is 0 Å². The molecule has 8 heteroatoms. The zero-order valence-electron chi connectivity index (χ0n) is 14.9. The molecule has 27 heavy (non-hydrogen) atoms. The molecule has 0 bridgehead atoms. The minimum Gasteiger partial charge on any atom is -0.361 e. The summed E-state index contributed by atoms with van der Waals surface area (Å²) < 4.78 is 19.4. The van der Waals surface area contributed by atoms with Gasteiger partial charge in [0.25, 0.3) is 11.8 Å². The van der Waals surface area contributed by atoms with Gasteiger partial charge in [0.15, 0.2) is 0 Å². The highest BCUT2D eigenvalue weighted by Crippen LogP contribution is 2.32. The Kier molecular flexibility index (Phi) is 4.35. The van der Waals surface area contributed by atoms with Crippen LogP contribution in [0.4, 0.5) is 10.1 Å². The predicted octanol–water partition coefficient (Wildman–Crippen LogP) is 1.57. The summed E-state index contributed by atoms with van der Waals surface area (Å²) in [6.45, 7) is 2.81. The van der Waals surface area contributed by atoms with Crippen LogP contribution < -0.4 is 4.90 Å². The number of benzene rings is 1. The topological polar surface area (TPSA) is 75.6 Å². The Balaban J connectivity index is 1.52. The minimum atomic E-state index is -0.660. The molecule has 2 aromatic rings. The van der Waals surface area contributed by atoms with Gasteiger partial charge in [-0.15, -0.1) is 0 Å². The third kappa shape index (κ3) is 3.40. The van der Waals surface area contributed by atoms with Crippen molar-refractivity contribution in [3.63, 3.8) is 0 Å². The van der Waals surface area contributed by atoms with Gasteiger partial charge in [0.05, 0.1) is 25.0 Å². The summed E-state index contributed by atoms with van der Waals surface area (Å²) in [5, 5.41) is 0. The second kappa shape index (κ2) is 6.70. The van der Waals surface area contributed by atoms with Gasteiger partial charge in [0.2, 0.25) is 0 Å². The molecule has 0 aliphatic carbocycles. The fourth-order valence-corrected chi connectivity index (χ4v) is 3.59. The van der Waals surface area contributed by atoms with E-state index in [0.29, 0.717) is 36.6 Å². The monoisotopic (exact) mass is 370 g/mol. The van der Waals surface area contributed by atoms with Crippen molar-refractivity contribution in [2.45, 2.75) is 18.9 Å². The number of carbonyl (C=O) groups is 2. The number of nitrogens with zero attached hydrogens (tertiary/aromatic N) is 4. The van der Waals surface area contributed by atoms with Gasteiger partial charge >= 0.3 is 0 Å². The summed E-state index contributed by atoms with van der Waals surface area (Å²) in [4.78, 5) is 36.5. The average Bonchev–Trinajstić information content (AvgIpc) is 3.07. The standard InChI is InChI=1S/C19H19FN4O3/c1-13-8-21-9-16(22-13)18(26)23-6-5-19(11-23)12-24(17(25)10-27-19)15-4-2-3-14(20)7-15/h2-4,7-9H,5-6,10-12H2,1H3. The lowest BCUT2D eigenvalue weighted by Crippen LogP contribution is -2.56. The van der Waals surface area contributed by atoms with E-state index in [-0.39, 0.29) is 25.0 Å². The third-order valence-electron chi connectivity index (χ3n) is 4.95. The van der Waals surface area contributed by atoms with Crippen molar-refractivity contribution >= 4 is 17.5 Å². The lowest BCUT2D eigenvalue weighted by atomic mass is 10.00. The maximum atomic E-state index is 13.6. The van der Waals surface area contributed by atoms with Crippen molar-refractivity contribution in [1.82, 2.24) is 14.9 Å². The zero-order valence-corrected chi connectivity index (χ0v) is 14.9. The number of amides is 2. The molecule has 1 atom stereocenters. The number of aromatic nitrogens is 2. The Morgan fingerprint density at radius 2 is 2.15 bits per heavy atom. The largest absolute Gasteiger partial charge is 0.361 e. The van der Waals surface area contributed by atoms with Crippen LogP contribution in [0, 0.1) is 12.7 Å². The molecule has 2 aliphatic heterocycles. The van der Waals surface area contributed by atoms with Crippen molar-refractivity contribution in [3.05, 3.63) is 53.9 Å². The fourth-order valence-electron chi connectivity index (χ4n) is 3.59. The highest BCUT2D eigenvalue weighted by molar-refractivity contribution is 5.95. The predicted molar refractivity (Wildman–Crippen MR) is 94.7 cm³/mol. The van der Waals surface area contributed by atoms with Crippen molar-refractivity contribution < 1.29 is 18.7 Å². The van der Waals surface area contributed by atoms with Crippen LogP contribution >= 0.6 is 0 Å². The SMILES string of the molecule is Cc1cncc(C(=O)N2CCC3(C2)CN(c2cccc(F)c2)C(=O)CO3)n1. The summed E-state index contributed by atoms with van der Waals surface area (Å²) >= 11 is 0. The second-order valence-corrected chi connectivity index (χ2v) is 6.95. The summed E-state index contributed by atoms with van der Waals surface area (Å²) in [6.07, 6.45) is 3.64. The van der Waals surface area contributed by atoms with E-state index in [2.05, 4.69) is 9.97 Å². The zero-order chi connectivity index (χ0) is 19.0. The molecule has 7 nitrogen and oxygen atoms in total. The van der Waals surface area contributed by atoms with E-state index in [1.165, 1.54) is 23.2 Å². The van der Waals surface area contributed by atoms with E-state index in [1.807, 2.05) is 0 Å². The maximum Gasteiger partial charge on any atom is 0.274 e. The van der Waals surface area contributed by atoms with Gasteiger partial charge in [0.1, 0.15) is 23.7 Å². The number of anilines is 1.